The standard InChI is InChI=1S/C27H23F3N6O3S/c28-27(29,30)20-5-4-8-23(17-20)33-13-15-34(16-14-33)24(37)18-40-26-32-31-25(35(26)21-6-2-1-3-7-21)19-9-11-22(12-10-19)36(38)39/h1-12,17H,13-16,18H2. The lowest BCUT2D eigenvalue weighted by Crippen LogP contribution is -2.49. The fourth-order valence-corrected chi connectivity index (χ4v) is 5.26. The van der Waals surface area contributed by atoms with E-state index in [4.69, 9.17) is 0 Å². The van der Waals surface area contributed by atoms with Crippen molar-refractivity contribution in [2.75, 3.05) is 36.8 Å². The van der Waals surface area contributed by atoms with Gasteiger partial charge in [-0.3, -0.25) is 19.5 Å². The fraction of sp³-hybridized carbons (Fsp3) is 0.222. The maximum atomic E-state index is 13.1. The van der Waals surface area contributed by atoms with Crippen LogP contribution in [-0.2, 0) is 11.0 Å². The Balaban J connectivity index is 1.27. The number of piperazine rings is 1. The van der Waals surface area contributed by atoms with Gasteiger partial charge in [-0.2, -0.15) is 13.2 Å². The maximum Gasteiger partial charge on any atom is 0.416 e. The van der Waals surface area contributed by atoms with Gasteiger partial charge in [0.1, 0.15) is 0 Å². The topological polar surface area (TPSA) is 97.4 Å². The molecule has 13 heteroatoms. The number of hydrogen-bond donors (Lipinski definition) is 0. The molecule has 2 heterocycles. The molecule has 4 aromatic rings. The van der Waals surface area contributed by atoms with Crippen LogP contribution < -0.4 is 4.90 Å². The maximum absolute atomic E-state index is 13.1. The van der Waals surface area contributed by atoms with Crippen molar-refractivity contribution >= 4 is 29.0 Å². The Kier molecular flexibility index (Phi) is 7.74. The lowest BCUT2D eigenvalue weighted by molar-refractivity contribution is -0.384. The van der Waals surface area contributed by atoms with Crippen LogP contribution in [0.3, 0.4) is 0 Å². The molecule has 0 spiro atoms. The number of nitro groups is 1. The fourth-order valence-electron chi connectivity index (χ4n) is 4.40. The van der Waals surface area contributed by atoms with E-state index in [1.54, 1.807) is 27.7 Å². The minimum atomic E-state index is -4.41. The van der Waals surface area contributed by atoms with Crippen molar-refractivity contribution in [1.82, 2.24) is 19.7 Å². The number of alkyl halides is 3. The van der Waals surface area contributed by atoms with Crippen LogP contribution in [0.2, 0.25) is 0 Å². The van der Waals surface area contributed by atoms with Gasteiger partial charge in [-0.1, -0.05) is 36.0 Å². The number of anilines is 1. The van der Waals surface area contributed by atoms with Gasteiger partial charge in [-0.15, -0.1) is 10.2 Å². The predicted molar refractivity (Wildman–Crippen MR) is 144 cm³/mol. The summed E-state index contributed by atoms with van der Waals surface area (Å²) in [5.41, 5.74) is 1.14. The molecular weight excluding hydrogens is 545 g/mol. The lowest BCUT2D eigenvalue weighted by Gasteiger charge is -2.36. The molecule has 1 aliphatic heterocycles. The molecule has 0 bridgehead atoms. The normalized spacial score (nSPS) is 13.9. The van der Waals surface area contributed by atoms with Gasteiger partial charge in [0, 0.05) is 55.2 Å². The Morgan fingerprint density at radius 3 is 2.23 bits per heavy atom. The van der Waals surface area contributed by atoms with Gasteiger partial charge < -0.3 is 9.80 Å². The van der Waals surface area contributed by atoms with Crippen molar-refractivity contribution in [2.45, 2.75) is 11.3 Å². The molecule has 5 rings (SSSR count). The van der Waals surface area contributed by atoms with E-state index < -0.39 is 16.7 Å². The molecule has 1 aliphatic rings. The molecule has 0 unspecified atom stereocenters. The van der Waals surface area contributed by atoms with Crippen molar-refractivity contribution in [2.24, 2.45) is 0 Å². The first-order valence-corrected chi connectivity index (χ1v) is 13.3. The number of benzene rings is 3. The van der Waals surface area contributed by atoms with Gasteiger partial charge in [0.05, 0.1) is 16.2 Å². The number of rotatable bonds is 7. The van der Waals surface area contributed by atoms with E-state index >= 15 is 0 Å². The van der Waals surface area contributed by atoms with E-state index in [9.17, 15) is 28.1 Å². The van der Waals surface area contributed by atoms with Crippen molar-refractivity contribution in [3.8, 4) is 17.1 Å². The summed E-state index contributed by atoms with van der Waals surface area (Å²) >= 11 is 1.22. The van der Waals surface area contributed by atoms with Gasteiger partial charge in [-0.25, -0.2) is 0 Å². The van der Waals surface area contributed by atoms with Gasteiger partial charge in [-0.05, 0) is 42.5 Å². The summed E-state index contributed by atoms with van der Waals surface area (Å²) in [6.07, 6.45) is -4.41. The third-order valence-corrected chi connectivity index (χ3v) is 7.39. The third kappa shape index (κ3) is 5.93. The highest BCUT2D eigenvalue weighted by Gasteiger charge is 2.31. The molecule has 1 amide bonds. The molecule has 1 saturated heterocycles. The van der Waals surface area contributed by atoms with Crippen LogP contribution in [0.5, 0.6) is 0 Å². The number of nitrogens with zero attached hydrogens (tertiary/aromatic N) is 6. The highest BCUT2D eigenvalue weighted by Crippen LogP contribution is 2.32. The Hall–Kier alpha value is -4.39. The third-order valence-electron chi connectivity index (χ3n) is 6.48. The van der Waals surface area contributed by atoms with E-state index in [0.717, 1.165) is 17.8 Å². The average Bonchev–Trinajstić information content (AvgIpc) is 3.40. The van der Waals surface area contributed by atoms with E-state index in [1.807, 2.05) is 35.2 Å². The van der Waals surface area contributed by atoms with Gasteiger partial charge in [0.25, 0.3) is 5.69 Å². The van der Waals surface area contributed by atoms with Crippen LogP contribution in [0.25, 0.3) is 17.1 Å². The van der Waals surface area contributed by atoms with Crippen LogP contribution >= 0.6 is 11.8 Å². The van der Waals surface area contributed by atoms with Gasteiger partial charge in [0.15, 0.2) is 11.0 Å². The highest BCUT2D eigenvalue weighted by molar-refractivity contribution is 7.99. The number of thioether (sulfide) groups is 1. The first-order valence-electron chi connectivity index (χ1n) is 12.3. The van der Waals surface area contributed by atoms with Crippen LogP contribution in [0.4, 0.5) is 24.5 Å². The lowest BCUT2D eigenvalue weighted by atomic mass is 10.1. The number of nitro benzene ring substituents is 1. The first-order chi connectivity index (χ1) is 19.2. The second kappa shape index (κ2) is 11.4. The molecule has 1 fully saturated rings. The molecule has 3 aromatic carbocycles. The minimum Gasteiger partial charge on any atom is -0.368 e. The molecule has 0 atom stereocenters. The number of carbonyl (C=O) groups is 1. The van der Waals surface area contributed by atoms with E-state index in [2.05, 4.69) is 10.2 Å². The Morgan fingerprint density at radius 1 is 0.900 bits per heavy atom. The van der Waals surface area contributed by atoms with Crippen LogP contribution in [-0.4, -0.2) is 62.4 Å². The molecule has 0 N–H and O–H groups in total. The van der Waals surface area contributed by atoms with Crippen molar-refractivity contribution < 1.29 is 22.9 Å². The minimum absolute atomic E-state index is 0.0390. The zero-order valence-corrected chi connectivity index (χ0v) is 21.8. The van der Waals surface area contributed by atoms with Gasteiger partial charge in [0.2, 0.25) is 5.91 Å². The number of amides is 1. The zero-order valence-electron chi connectivity index (χ0n) is 21.0. The quantitative estimate of drug-likeness (QED) is 0.170. The zero-order chi connectivity index (χ0) is 28.3. The molecule has 9 nitrogen and oxygen atoms in total. The van der Waals surface area contributed by atoms with Crippen LogP contribution in [0.1, 0.15) is 5.56 Å². The average molecular weight is 569 g/mol. The molecule has 40 heavy (non-hydrogen) atoms. The number of non-ortho nitro benzene ring substituents is 1. The first kappa shape index (κ1) is 27.2. The summed E-state index contributed by atoms with van der Waals surface area (Å²) in [6, 6.07) is 20.5. The number of para-hydroxylation sites is 1. The summed E-state index contributed by atoms with van der Waals surface area (Å²) in [6.45, 7) is 1.61. The van der Waals surface area contributed by atoms with Crippen molar-refractivity contribution in [1.29, 1.82) is 0 Å². The number of aromatic nitrogens is 3. The summed E-state index contributed by atoms with van der Waals surface area (Å²) < 4.78 is 41.1. The summed E-state index contributed by atoms with van der Waals surface area (Å²) in [4.78, 5) is 27.2. The number of halogens is 3. The van der Waals surface area contributed by atoms with Gasteiger partial charge >= 0.3 is 6.18 Å². The van der Waals surface area contributed by atoms with E-state index in [-0.39, 0.29) is 17.3 Å². The monoisotopic (exact) mass is 568 g/mol. The van der Waals surface area contributed by atoms with E-state index in [0.29, 0.717) is 48.4 Å². The summed E-state index contributed by atoms with van der Waals surface area (Å²) in [5.74, 6) is 0.452. The summed E-state index contributed by atoms with van der Waals surface area (Å²) in [5, 5.41) is 20.1. The Bertz CT molecular complexity index is 1500. The second-order valence-corrected chi connectivity index (χ2v) is 9.93. The molecule has 1 aromatic heterocycles. The largest absolute Gasteiger partial charge is 0.416 e. The molecular formula is C27H23F3N6O3S. The summed E-state index contributed by atoms with van der Waals surface area (Å²) in [7, 11) is 0. The van der Waals surface area contributed by atoms with Crippen LogP contribution in [0, 0.1) is 10.1 Å². The van der Waals surface area contributed by atoms with Crippen molar-refractivity contribution in [3.05, 3.63) is 94.5 Å². The Morgan fingerprint density at radius 2 is 1.57 bits per heavy atom. The Labute approximate surface area is 231 Å². The molecule has 206 valence electrons. The molecule has 0 radical (unpaired) electrons. The molecule has 0 aliphatic carbocycles. The SMILES string of the molecule is O=C(CSc1nnc(-c2ccc([N+](=O)[O-])cc2)n1-c1ccccc1)N1CCN(c2cccc(C(F)(F)F)c2)CC1. The van der Waals surface area contributed by atoms with Crippen molar-refractivity contribution in [3.63, 3.8) is 0 Å². The predicted octanol–water partition coefficient (Wildman–Crippen LogP) is 5.30. The smallest absolute Gasteiger partial charge is 0.368 e. The highest BCUT2D eigenvalue weighted by atomic mass is 32.2. The van der Waals surface area contributed by atoms with Crippen LogP contribution in [0.15, 0.2) is 84.0 Å². The number of hydrogen-bond acceptors (Lipinski definition) is 7. The molecule has 0 saturated carbocycles. The number of carbonyl (C=O) groups excluding carboxylic acids is 1. The van der Waals surface area contributed by atoms with E-state index in [1.165, 1.54) is 30.0 Å². The second-order valence-electron chi connectivity index (χ2n) is 8.99.